The number of pyridine rings is 1. The summed E-state index contributed by atoms with van der Waals surface area (Å²) in [6.45, 7) is 0. The molecule has 126 valence electrons. The molecule has 9 heteroatoms. The zero-order chi connectivity index (χ0) is 18.0. The zero-order valence-corrected chi connectivity index (χ0v) is 11.7. The van der Waals surface area contributed by atoms with Crippen LogP contribution in [0.25, 0.3) is 11.1 Å². The molecule has 0 unspecified atom stereocenters. The van der Waals surface area contributed by atoms with Gasteiger partial charge < -0.3 is 4.74 Å². The van der Waals surface area contributed by atoms with Crippen LogP contribution in [0.5, 0.6) is 5.75 Å². The predicted octanol–water partition coefficient (Wildman–Crippen LogP) is 4.73. The van der Waals surface area contributed by atoms with Crippen LogP contribution in [0.15, 0.2) is 36.5 Å². The van der Waals surface area contributed by atoms with E-state index in [0.29, 0.717) is 0 Å². The van der Waals surface area contributed by atoms with Gasteiger partial charge in [-0.25, -0.2) is 0 Å². The van der Waals surface area contributed by atoms with Crippen molar-refractivity contribution in [1.29, 1.82) is 5.26 Å². The van der Waals surface area contributed by atoms with E-state index < -0.39 is 41.5 Å². The van der Waals surface area contributed by atoms with Gasteiger partial charge >= 0.3 is 12.5 Å². The van der Waals surface area contributed by atoms with Crippen LogP contribution in [0.1, 0.15) is 11.3 Å². The van der Waals surface area contributed by atoms with E-state index >= 15 is 0 Å². The highest BCUT2D eigenvalue weighted by molar-refractivity contribution is 5.76. The van der Waals surface area contributed by atoms with Crippen LogP contribution in [-0.2, 0) is 12.6 Å². The van der Waals surface area contributed by atoms with Gasteiger partial charge in [-0.2, -0.15) is 18.4 Å². The molecule has 0 spiro atoms. The molecule has 0 N–H and O–H groups in total. The number of nitriles is 1. The molecule has 0 aliphatic rings. The van der Waals surface area contributed by atoms with Gasteiger partial charge in [0.1, 0.15) is 5.75 Å². The lowest BCUT2D eigenvalue weighted by Gasteiger charge is -2.18. The van der Waals surface area contributed by atoms with Crippen molar-refractivity contribution >= 4 is 0 Å². The first-order chi connectivity index (χ1) is 11.1. The van der Waals surface area contributed by atoms with Crippen molar-refractivity contribution in [2.75, 3.05) is 0 Å². The number of hydrogen-bond donors (Lipinski definition) is 0. The first-order valence-electron chi connectivity index (χ1n) is 6.40. The molecule has 0 bridgehead atoms. The molecule has 1 heterocycles. The van der Waals surface area contributed by atoms with Crippen molar-refractivity contribution in [3.8, 4) is 22.9 Å². The topological polar surface area (TPSA) is 45.9 Å². The molecule has 1 aromatic heterocycles. The fourth-order valence-corrected chi connectivity index (χ4v) is 2.14. The van der Waals surface area contributed by atoms with E-state index in [2.05, 4.69) is 9.72 Å². The molecular weight excluding hydrogens is 338 g/mol. The molecular formula is C15H8F6N2O. The fraction of sp³-hybridized carbons (Fsp3) is 0.200. The Balaban J connectivity index is 2.75. The molecule has 0 fully saturated rings. The van der Waals surface area contributed by atoms with Gasteiger partial charge in [0.15, 0.2) is 5.69 Å². The second-order valence-electron chi connectivity index (χ2n) is 4.57. The highest BCUT2D eigenvalue weighted by atomic mass is 19.4. The second kappa shape index (κ2) is 6.39. The third kappa shape index (κ3) is 3.95. The lowest BCUT2D eigenvalue weighted by molar-refractivity contribution is -0.274. The van der Waals surface area contributed by atoms with Crippen molar-refractivity contribution in [2.24, 2.45) is 0 Å². The first kappa shape index (κ1) is 17.6. The van der Waals surface area contributed by atoms with Crippen molar-refractivity contribution < 1.29 is 31.1 Å². The van der Waals surface area contributed by atoms with Gasteiger partial charge in [0, 0.05) is 17.3 Å². The van der Waals surface area contributed by atoms with Gasteiger partial charge in [-0.15, -0.1) is 13.2 Å². The Hall–Kier alpha value is -2.76. The van der Waals surface area contributed by atoms with Gasteiger partial charge in [0.25, 0.3) is 0 Å². The average Bonchev–Trinajstić information content (AvgIpc) is 2.46. The molecule has 0 saturated carbocycles. The number of rotatable bonds is 3. The van der Waals surface area contributed by atoms with E-state index in [4.69, 9.17) is 5.26 Å². The molecule has 0 saturated heterocycles. The summed E-state index contributed by atoms with van der Waals surface area (Å²) in [5.74, 6) is -0.803. The molecule has 2 aromatic rings. The van der Waals surface area contributed by atoms with E-state index in [-0.39, 0.29) is 5.56 Å². The zero-order valence-electron chi connectivity index (χ0n) is 11.7. The average molecular weight is 346 g/mol. The van der Waals surface area contributed by atoms with Crippen LogP contribution >= 0.6 is 0 Å². The van der Waals surface area contributed by atoms with Crippen molar-refractivity contribution in [3.63, 3.8) is 0 Å². The Kier molecular flexibility index (Phi) is 4.68. The van der Waals surface area contributed by atoms with E-state index in [1.54, 1.807) is 6.07 Å². The van der Waals surface area contributed by atoms with E-state index in [1.807, 2.05) is 0 Å². The Morgan fingerprint density at radius 2 is 1.71 bits per heavy atom. The maximum absolute atomic E-state index is 13.2. The highest BCUT2D eigenvalue weighted by Crippen LogP contribution is 2.42. The van der Waals surface area contributed by atoms with E-state index in [1.165, 1.54) is 12.1 Å². The number of aromatic nitrogens is 1. The number of nitrogens with zero attached hydrogens (tertiary/aromatic N) is 2. The minimum absolute atomic E-state index is 0.0990. The summed E-state index contributed by atoms with van der Waals surface area (Å²) in [7, 11) is 0. The number of para-hydroxylation sites is 1. The molecule has 2 rings (SSSR count). The van der Waals surface area contributed by atoms with Crippen LogP contribution in [0.3, 0.4) is 0 Å². The number of benzene rings is 1. The number of halogens is 6. The molecule has 0 amide bonds. The summed E-state index contributed by atoms with van der Waals surface area (Å²) in [5, 5.41) is 8.78. The monoisotopic (exact) mass is 346 g/mol. The van der Waals surface area contributed by atoms with Crippen molar-refractivity contribution in [3.05, 3.63) is 47.8 Å². The first-order valence-corrected chi connectivity index (χ1v) is 6.40. The SMILES string of the molecule is N#CCc1ccnc(C(F)(F)F)c1-c1ccccc1OC(F)(F)F. The van der Waals surface area contributed by atoms with Crippen LogP contribution in [0, 0.1) is 11.3 Å². The normalized spacial score (nSPS) is 11.9. The molecule has 0 aliphatic carbocycles. The van der Waals surface area contributed by atoms with Crippen LogP contribution in [0.4, 0.5) is 26.3 Å². The molecule has 0 atom stereocenters. The third-order valence-corrected chi connectivity index (χ3v) is 2.96. The molecule has 3 nitrogen and oxygen atoms in total. The Labute approximate surface area is 132 Å². The van der Waals surface area contributed by atoms with Gasteiger partial charge in [-0.3, -0.25) is 4.98 Å². The lowest BCUT2D eigenvalue weighted by Crippen LogP contribution is -2.18. The van der Waals surface area contributed by atoms with E-state index in [9.17, 15) is 26.3 Å². The van der Waals surface area contributed by atoms with Gasteiger partial charge in [0.05, 0.1) is 12.5 Å². The van der Waals surface area contributed by atoms with Gasteiger partial charge in [0.2, 0.25) is 0 Å². The lowest BCUT2D eigenvalue weighted by atomic mass is 9.95. The maximum Gasteiger partial charge on any atom is 0.573 e. The third-order valence-electron chi connectivity index (χ3n) is 2.96. The summed E-state index contributed by atoms with van der Waals surface area (Å²) >= 11 is 0. The summed E-state index contributed by atoms with van der Waals surface area (Å²) < 4.78 is 81.0. The number of alkyl halides is 6. The predicted molar refractivity (Wildman–Crippen MR) is 70.7 cm³/mol. The largest absolute Gasteiger partial charge is 0.573 e. The standard InChI is InChI=1S/C15H8F6N2O/c16-14(17,18)13-12(9(5-7-22)6-8-23-13)10-3-1-2-4-11(10)24-15(19,20)21/h1-4,6,8H,5H2. The van der Waals surface area contributed by atoms with Crippen LogP contribution in [-0.4, -0.2) is 11.3 Å². The smallest absolute Gasteiger partial charge is 0.405 e. The summed E-state index contributed by atoms with van der Waals surface area (Å²) in [4.78, 5) is 3.24. The quantitative estimate of drug-likeness (QED) is 0.755. The Morgan fingerprint density at radius 1 is 1.04 bits per heavy atom. The number of hydrogen-bond acceptors (Lipinski definition) is 3. The van der Waals surface area contributed by atoms with Crippen LogP contribution in [0.2, 0.25) is 0 Å². The summed E-state index contributed by atoms with van der Waals surface area (Å²) in [5.41, 5.74) is -2.53. The minimum Gasteiger partial charge on any atom is -0.405 e. The Morgan fingerprint density at radius 3 is 2.29 bits per heavy atom. The molecule has 24 heavy (non-hydrogen) atoms. The van der Waals surface area contributed by atoms with Crippen molar-refractivity contribution in [2.45, 2.75) is 19.0 Å². The molecule has 0 aliphatic heterocycles. The maximum atomic E-state index is 13.2. The summed E-state index contributed by atoms with van der Waals surface area (Å²) in [6.07, 6.45) is -9.56. The van der Waals surface area contributed by atoms with Gasteiger partial charge in [-0.05, 0) is 17.7 Å². The van der Waals surface area contributed by atoms with Crippen molar-refractivity contribution in [1.82, 2.24) is 4.98 Å². The van der Waals surface area contributed by atoms with Crippen LogP contribution < -0.4 is 4.74 Å². The fourth-order valence-electron chi connectivity index (χ4n) is 2.14. The van der Waals surface area contributed by atoms with E-state index in [0.717, 1.165) is 24.4 Å². The molecule has 0 radical (unpaired) electrons. The second-order valence-corrected chi connectivity index (χ2v) is 4.57. The minimum atomic E-state index is -5.08. The molecule has 1 aromatic carbocycles. The number of ether oxygens (including phenoxy) is 1. The summed E-state index contributed by atoms with van der Waals surface area (Å²) in [6, 6.07) is 7.24. The Bertz CT molecular complexity index is 777. The van der Waals surface area contributed by atoms with Gasteiger partial charge in [-0.1, -0.05) is 18.2 Å². The highest BCUT2D eigenvalue weighted by Gasteiger charge is 2.38.